The molecule has 0 unspecified atom stereocenters. The van der Waals surface area contributed by atoms with Gasteiger partial charge in [0.1, 0.15) is 11.2 Å². The standard InChI is InChI=1S/C18H23BrClNO6/c1-17(2,3)26-15(23)21(16(24)27-18(4,5)6)13-9-12(20)11(19)8-10(13)14(22)25-7/h8-9H,1-7H3. The second-order valence-electron chi connectivity index (χ2n) is 7.57. The molecule has 0 saturated carbocycles. The van der Waals surface area contributed by atoms with Crippen molar-refractivity contribution in [2.24, 2.45) is 0 Å². The lowest BCUT2D eigenvalue weighted by molar-refractivity contribution is 0.0430. The molecule has 9 heteroatoms. The smallest absolute Gasteiger partial charge is 0.424 e. The number of nitrogens with zero attached hydrogens (tertiary/aromatic N) is 1. The number of rotatable bonds is 2. The van der Waals surface area contributed by atoms with Gasteiger partial charge in [0.2, 0.25) is 0 Å². The highest BCUT2D eigenvalue weighted by atomic mass is 79.9. The van der Waals surface area contributed by atoms with E-state index < -0.39 is 29.4 Å². The second kappa shape index (κ2) is 8.48. The van der Waals surface area contributed by atoms with Crippen LogP contribution in [0.1, 0.15) is 51.9 Å². The first-order chi connectivity index (χ1) is 12.2. The van der Waals surface area contributed by atoms with Gasteiger partial charge in [0, 0.05) is 4.47 Å². The van der Waals surface area contributed by atoms with Crippen LogP contribution in [0.15, 0.2) is 16.6 Å². The van der Waals surface area contributed by atoms with E-state index in [-0.39, 0.29) is 16.3 Å². The Morgan fingerprint density at radius 1 is 0.963 bits per heavy atom. The van der Waals surface area contributed by atoms with Gasteiger partial charge in [-0.2, -0.15) is 4.90 Å². The van der Waals surface area contributed by atoms with Crippen molar-refractivity contribution in [3.63, 3.8) is 0 Å². The molecule has 0 N–H and O–H groups in total. The van der Waals surface area contributed by atoms with Crippen LogP contribution in [0, 0.1) is 0 Å². The first-order valence-electron chi connectivity index (χ1n) is 7.99. The number of ether oxygens (including phenoxy) is 3. The highest BCUT2D eigenvalue weighted by molar-refractivity contribution is 9.10. The van der Waals surface area contributed by atoms with E-state index >= 15 is 0 Å². The maximum Gasteiger partial charge on any atom is 0.424 e. The van der Waals surface area contributed by atoms with Gasteiger partial charge in [-0.1, -0.05) is 11.6 Å². The summed E-state index contributed by atoms with van der Waals surface area (Å²) >= 11 is 9.33. The lowest BCUT2D eigenvalue weighted by Crippen LogP contribution is -2.44. The van der Waals surface area contributed by atoms with E-state index in [4.69, 9.17) is 25.8 Å². The van der Waals surface area contributed by atoms with Crippen molar-refractivity contribution in [3.05, 3.63) is 27.2 Å². The van der Waals surface area contributed by atoms with Crippen LogP contribution >= 0.6 is 27.5 Å². The van der Waals surface area contributed by atoms with Crippen LogP contribution in [0.2, 0.25) is 5.02 Å². The van der Waals surface area contributed by atoms with E-state index in [0.29, 0.717) is 9.37 Å². The van der Waals surface area contributed by atoms with Gasteiger partial charge in [0.15, 0.2) is 0 Å². The Labute approximate surface area is 172 Å². The summed E-state index contributed by atoms with van der Waals surface area (Å²) in [6.07, 6.45) is -2.03. The normalized spacial score (nSPS) is 11.6. The molecule has 150 valence electrons. The number of hydrogen-bond donors (Lipinski definition) is 0. The lowest BCUT2D eigenvalue weighted by atomic mass is 10.1. The topological polar surface area (TPSA) is 82.1 Å². The minimum absolute atomic E-state index is 0.0644. The Bertz CT molecular complexity index is 723. The number of carbonyl (C=O) groups excluding carboxylic acids is 3. The average Bonchev–Trinajstić information content (AvgIpc) is 2.46. The van der Waals surface area contributed by atoms with Crippen molar-refractivity contribution in [2.45, 2.75) is 52.7 Å². The van der Waals surface area contributed by atoms with Crippen LogP contribution in [0.25, 0.3) is 0 Å². The minimum Gasteiger partial charge on any atom is -0.465 e. The molecule has 0 aliphatic rings. The zero-order valence-corrected chi connectivity index (χ0v) is 18.6. The van der Waals surface area contributed by atoms with Crippen LogP contribution in [0.3, 0.4) is 0 Å². The van der Waals surface area contributed by atoms with Crippen LogP contribution in [-0.4, -0.2) is 36.5 Å². The zero-order chi connectivity index (χ0) is 21.2. The molecular weight excluding hydrogens is 442 g/mol. The molecule has 0 fully saturated rings. The molecule has 2 amide bonds. The fourth-order valence-corrected chi connectivity index (χ4v) is 2.38. The first kappa shape index (κ1) is 23.2. The van der Waals surface area contributed by atoms with Crippen molar-refractivity contribution < 1.29 is 28.6 Å². The number of esters is 1. The van der Waals surface area contributed by atoms with E-state index in [9.17, 15) is 14.4 Å². The quantitative estimate of drug-likeness (QED) is 0.420. The lowest BCUT2D eigenvalue weighted by Gasteiger charge is -2.29. The summed E-state index contributed by atoms with van der Waals surface area (Å²) in [6.45, 7) is 9.88. The SMILES string of the molecule is COC(=O)c1cc(Br)c(Cl)cc1N(C(=O)OC(C)(C)C)C(=O)OC(C)(C)C. The fraction of sp³-hybridized carbons (Fsp3) is 0.500. The van der Waals surface area contributed by atoms with E-state index in [0.717, 1.165) is 0 Å². The van der Waals surface area contributed by atoms with Crippen molar-refractivity contribution in [3.8, 4) is 0 Å². The number of benzene rings is 1. The van der Waals surface area contributed by atoms with Gasteiger partial charge in [0.05, 0.1) is 23.4 Å². The molecular formula is C18H23BrClNO6. The number of anilines is 1. The molecule has 0 aliphatic heterocycles. The highest BCUT2D eigenvalue weighted by Gasteiger charge is 2.35. The second-order valence-corrected chi connectivity index (χ2v) is 8.83. The van der Waals surface area contributed by atoms with Gasteiger partial charge >= 0.3 is 18.2 Å². The van der Waals surface area contributed by atoms with Gasteiger partial charge in [-0.3, -0.25) is 0 Å². The largest absolute Gasteiger partial charge is 0.465 e. The van der Waals surface area contributed by atoms with Gasteiger partial charge in [-0.05, 0) is 69.6 Å². The summed E-state index contributed by atoms with van der Waals surface area (Å²) in [5, 5.41) is 0.176. The number of methoxy groups -OCH3 is 1. The van der Waals surface area contributed by atoms with E-state index in [1.807, 2.05) is 0 Å². The maximum atomic E-state index is 12.7. The van der Waals surface area contributed by atoms with E-state index in [1.54, 1.807) is 41.5 Å². The van der Waals surface area contributed by atoms with Gasteiger partial charge in [-0.15, -0.1) is 0 Å². The van der Waals surface area contributed by atoms with Crippen molar-refractivity contribution in [1.82, 2.24) is 0 Å². The van der Waals surface area contributed by atoms with Gasteiger partial charge < -0.3 is 14.2 Å². The maximum absolute atomic E-state index is 12.7. The van der Waals surface area contributed by atoms with Crippen LogP contribution < -0.4 is 4.90 Å². The van der Waals surface area contributed by atoms with E-state index in [2.05, 4.69) is 15.9 Å². The molecule has 0 aliphatic carbocycles. The number of amides is 2. The Morgan fingerprint density at radius 2 is 1.41 bits per heavy atom. The molecule has 0 spiro atoms. The van der Waals surface area contributed by atoms with Crippen molar-refractivity contribution in [1.29, 1.82) is 0 Å². The Balaban J connectivity index is 3.59. The summed E-state index contributed by atoms with van der Waals surface area (Å²) in [5.41, 5.74) is -1.95. The van der Waals surface area contributed by atoms with Gasteiger partial charge in [-0.25, -0.2) is 14.4 Å². The summed E-state index contributed by atoms with van der Waals surface area (Å²) in [6, 6.07) is 2.64. The summed E-state index contributed by atoms with van der Waals surface area (Å²) in [7, 11) is 1.18. The molecule has 1 aromatic carbocycles. The van der Waals surface area contributed by atoms with E-state index in [1.165, 1.54) is 19.2 Å². The minimum atomic E-state index is -1.01. The summed E-state index contributed by atoms with van der Waals surface area (Å²) in [5.74, 6) is -0.764. The predicted octanol–water partition coefficient (Wildman–Crippen LogP) is 5.57. The molecule has 0 heterocycles. The number of hydrogen-bond acceptors (Lipinski definition) is 6. The molecule has 0 saturated heterocycles. The Hall–Kier alpha value is -1.80. The molecule has 0 radical (unpaired) electrons. The summed E-state index contributed by atoms with van der Waals surface area (Å²) in [4.78, 5) is 38.3. The monoisotopic (exact) mass is 463 g/mol. The first-order valence-corrected chi connectivity index (χ1v) is 9.17. The number of carbonyl (C=O) groups is 3. The molecule has 27 heavy (non-hydrogen) atoms. The third-order valence-corrected chi connectivity index (χ3v) is 4.03. The van der Waals surface area contributed by atoms with Crippen molar-refractivity contribution >= 4 is 51.4 Å². The number of imide groups is 1. The van der Waals surface area contributed by atoms with Crippen molar-refractivity contribution in [2.75, 3.05) is 12.0 Å². The fourth-order valence-electron chi connectivity index (χ4n) is 1.88. The number of halogens is 2. The third kappa shape index (κ3) is 6.70. The zero-order valence-electron chi connectivity index (χ0n) is 16.3. The molecule has 1 rings (SSSR count). The summed E-state index contributed by atoms with van der Waals surface area (Å²) < 4.78 is 15.8. The predicted molar refractivity (Wildman–Crippen MR) is 105 cm³/mol. The average molecular weight is 465 g/mol. The van der Waals surface area contributed by atoms with Crippen LogP contribution in [0.5, 0.6) is 0 Å². The molecule has 1 aromatic rings. The Morgan fingerprint density at radius 3 is 1.78 bits per heavy atom. The molecule has 7 nitrogen and oxygen atoms in total. The molecule has 0 atom stereocenters. The Kier molecular flexibility index (Phi) is 7.30. The molecule has 0 bridgehead atoms. The van der Waals surface area contributed by atoms with Crippen LogP contribution in [0.4, 0.5) is 15.3 Å². The third-order valence-electron chi connectivity index (χ3n) is 2.84. The highest BCUT2D eigenvalue weighted by Crippen LogP contribution is 2.34. The van der Waals surface area contributed by atoms with Gasteiger partial charge in [0.25, 0.3) is 0 Å². The molecule has 0 aromatic heterocycles. The van der Waals surface area contributed by atoms with Crippen LogP contribution in [-0.2, 0) is 14.2 Å².